The Hall–Kier alpha value is -3.45. The Morgan fingerprint density at radius 2 is 1.86 bits per heavy atom. The van der Waals surface area contributed by atoms with E-state index in [0.29, 0.717) is 6.54 Å². The Kier molecular flexibility index (Phi) is 11.2. The van der Waals surface area contributed by atoms with Crippen LogP contribution in [-0.4, -0.2) is 46.3 Å². The highest BCUT2D eigenvalue weighted by atomic mass is 16.6. The lowest BCUT2D eigenvalue weighted by Crippen LogP contribution is -2.44. The topological polar surface area (TPSA) is 82.5 Å². The molecule has 1 heterocycles. The van der Waals surface area contributed by atoms with E-state index < -0.39 is 17.6 Å². The Balaban J connectivity index is 1.67. The molecule has 7 nitrogen and oxygen atoms in total. The third kappa shape index (κ3) is 11.5. The second-order valence-corrected chi connectivity index (χ2v) is 9.46. The second-order valence-electron chi connectivity index (χ2n) is 9.46. The van der Waals surface area contributed by atoms with E-state index >= 15 is 0 Å². The van der Waals surface area contributed by atoms with Gasteiger partial charge in [0.25, 0.3) is 0 Å². The van der Waals surface area contributed by atoms with Crippen LogP contribution in [0.4, 0.5) is 0 Å². The van der Waals surface area contributed by atoms with Gasteiger partial charge in [-0.25, -0.2) is 9.78 Å². The number of nitrogens with one attached hydrogen (secondary N) is 1. The van der Waals surface area contributed by atoms with Crippen molar-refractivity contribution in [3.63, 3.8) is 0 Å². The monoisotopic (exact) mass is 479 g/mol. The second kappa shape index (κ2) is 14.1. The van der Waals surface area contributed by atoms with Gasteiger partial charge in [0.2, 0.25) is 0 Å². The lowest BCUT2D eigenvalue weighted by atomic mass is 10.0. The summed E-state index contributed by atoms with van der Waals surface area (Å²) < 4.78 is 12.6. The van der Waals surface area contributed by atoms with Crippen LogP contribution in [0, 0.1) is 5.92 Å². The number of rotatable bonds is 12. The van der Waals surface area contributed by atoms with Crippen molar-refractivity contribution >= 4 is 18.0 Å². The number of nitrogens with zero attached hydrogens (tertiary/aromatic N) is 2. The summed E-state index contributed by atoms with van der Waals surface area (Å²) in [6, 6.07) is 7.84. The van der Waals surface area contributed by atoms with Crippen LogP contribution >= 0.6 is 0 Å². The first-order valence-electron chi connectivity index (χ1n) is 11.8. The van der Waals surface area contributed by atoms with E-state index in [-0.39, 0.29) is 18.5 Å². The summed E-state index contributed by atoms with van der Waals surface area (Å²) in [5, 5.41) is 3.11. The van der Waals surface area contributed by atoms with Crippen LogP contribution in [0.5, 0.6) is 0 Å². The molecule has 1 N–H and O–H groups in total. The molecule has 0 aliphatic heterocycles. The highest BCUT2D eigenvalue weighted by Crippen LogP contribution is 2.12. The number of hydrogen-bond acceptors (Lipinski definition) is 6. The summed E-state index contributed by atoms with van der Waals surface area (Å²) in [5.41, 5.74) is 1.75. The van der Waals surface area contributed by atoms with E-state index in [1.807, 2.05) is 63.6 Å². The predicted molar refractivity (Wildman–Crippen MR) is 139 cm³/mol. The molecule has 0 aliphatic rings. The molecule has 0 radical (unpaired) electrons. The van der Waals surface area contributed by atoms with Gasteiger partial charge in [-0.15, -0.1) is 0 Å². The van der Waals surface area contributed by atoms with Crippen molar-refractivity contribution in [3.8, 4) is 0 Å². The van der Waals surface area contributed by atoms with Crippen LogP contribution in [0.25, 0.3) is 6.08 Å². The minimum Gasteiger partial charge on any atom is -0.459 e. The zero-order valence-corrected chi connectivity index (χ0v) is 21.3. The van der Waals surface area contributed by atoms with E-state index in [1.54, 1.807) is 24.7 Å². The highest BCUT2D eigenvalue weighted by molar-refractivity contribution is 5.82. The largest absolute Gasteiger partial charge is 0.459 e. The number of ether oxygens (including phenoxy) is 2. The molecule has 2 rings (SSSR count). The fourth-order valence-corrected chi connectivity index (χ4v) is 3.11. The molecule has 0 fully saturated rings. The van der Waals surface area contributed by atoms with Crippen molar-refractivity contribution < 1.29 is 19.1 Å². The molecule has 1 atom stereocenters. The SMILES string of the molecule is CC(C)[C@@H](NCC=CC(=O)OCC=CC=Cc1ccc(Cn2ccnc2)cc1)C(=O)OC(C)(C)C. The molecule has 188 valence electrons. The average molecular weight is 480 g/mol. The number of carbonyl (C=O) groups excluding carboxylic acids is 2. The van der Waals surface area contributed by atoms with Gasteiger partial charge < -0.3 is 19.4 Å². The average Bonchev–Trinajstić information content (AvgIpc) is 3.28. The first-order valence-corrected chi connectivity index (χ1v) is 11.8. The summed E-state index contributed by atoms with van der Waals surface area (Å²) in [5.74, 6) is -0.678. The first kappa shape index (κ1) is 27.8. The van der Waals surface area contributed by atoms with Gasteiger partial charge in [-0.05, 0) is 43.9 Å². The fraction of sp³-hybridized carbons (Fsp3) is 0.393. The zero-order valence-electron chi connectivity index (χ0n) is 21.3. The maximum Gasteiger partial charge on any atom is 0.330 e. The molecule has 0 unspecified atom stereocenters. The van der Waals surface area contributed by atoms with Crippen LogP contribution in [0.15, 0.2) is 73.4 Å². The van der Waals surface area contributed by atoms with Gasteiger partial charge >= 0.3 is 11.9 Å². The molecule has 1 aromatic heterocycles. The number of benzene rings is 1. The van der Waals surface area contributed by atoms with E-state index in [9.17, 15) is 9.59 Å². The fourth-order valence-electron chi connectivity index (χ4n) is 3.11. The number of imidazole rings is 1. The van der Waals surface area contributed by atoms with Crippen LogP contribution < -0.4 is 5.32 Å². The molecule has 2 aromatic rings. The van der Waals surface area contributed by atoms with E-state index in [1.165, 1.54) is 11.6 Å². The van der Waals surface area contributed by atoms with Crippen molar-refractivity contribution in [3.05, 3.63) is 84.5 Å². The quantitative estimate of drug-likeness (QED) is 0.273. The first-order chi connectivity index (χ1) is 16.6. The molecular formula is C28H37N3O4. The Morgan fingerprint density at radius 1 is 1.11 bits per heavy atom. The van der Waals surface area contributed by atoms with Gasteiger partial charge in [0.1, 0.15) is 18.2 Å². The number of carbonyl (C=O) groups is 2. The van der Waals surface area contributed by atoms with Crippen molar-refractivity contribution in [1.82, 2.24) is 14.9 Å². The maximum absolute atomic E-state index is 12.3. The maximum atomic E-state index is 12.3. The van der Waals surface area contributed by atoms with Crippen LogP contribution in [0.3, 0.4) is 0 Å². The summed E-state index contributed by atoms with van der Waals surface area (Å²) in [4.78, 5) is 28.2. The standard InChI is InChI=1S/C28H37N3O4/c1-22(2)26(27(33)35-28(3,4)5)30-16-9-11-25(32)34-19-8-6-7-10-23-12-14-24(15-13-23)20-31-18-17-29-21-31/h6-15,17-18,21-22,26,30H,16,19-20H2,1-5H3/t26-/m1/s1. The van der Waals surface area contributed by atoms with Gasteiger partial charge in [-0.3, -0.25) is 4.79 Å². The molecule has 7 heteroatoms. The van der Waals surface area contributed by atoms with Crippen molar-refractivity contribution in [2.75, 3.05) is 13.2 Å². The van der Waals surface area contributed by atoms with Crippen molar-refractivity contribution in [1.29, 1.82) is 0 Å². The molecule has 0 spiro atoms. The smallest absolute Gasteiger partial charge is 0.330 e. The normalized spacial score (nSPS) is 13.2. The Labute approximate surface area is 208 Å². The molecule has 0 bridgehead atoms. The lowest BCUT2D eigenvalue weighted by molar-refractivity contribution is -0.158. The minimum absolute atomic E-state index is 0.0589. The summed E-state index contributed by atoms with van der Waals surface area (Å²) >= 11 is 0. The van der Waals surface area contributed by atoms with Gasteiger partial charge in [0, 0.05) is 31.6 Å². The summed E-state index contributed by atoms with van der Waals surface area (Å²) in [6.45, 7) is 10.7. The summed E-state index contributed by atoms with van der Waals surface area (Å²) in [6.07, 6.45) is 16.0. The van der Waals surface area contributed by atoms with Gasteiger partial charge in [-0.2, -0.15) is 0 Å². The van der Waals surface area contributed by atoms with Gasteiger partial charge in [0.05, 0.1) is 6.33 Å². The van der Waals surface area contributed by atoms with Crippen LogP contribution in [0.2, 0.25) is 0 Å². The zero-order chi connectivity index (χ0) is 25.7. The number of hydrogen-bond donors (Lipinski definition) is 1. The van der Waals surface area contributed by atoms with Gasteiger partial charge in [0.15, 0.2) is 0 Å². The minimum atomic E-state index is -0.542. The molecule has 35 heavy (non-hydrogen) atoms. The van der Waals surface area contributed by atoms with E-state index in [4.69, 9.17) is 9.47 Å². The lowest BCUT2D eigenvalue weighted by Gasteiger charge is -2.26. The molecule has 1 aromatic carbocycles. The number of allylic oxidation sites excluding steroid dienone is 2. The molecule has 0 saturated heterocycles. The molecular weight excluding hydrogens is 442 g/mol. The Bertz CT molecular complexity index is 998. The van der Waals surface area contributed by atoms with Gasteiger partial charge in [-0.1, -0.05) is 62.4 Å². The third-order valence-electron chi connectivity index (χ3n) is 4.80. The Morgan fingerprint density at radius 3 is 2.49 bits per heavy atom. The molecule has 0 amide bonds. The highest BCUT2D eigenvalue weighted by Gasteiger charge is 2.26. The molecule has 0 saturated carbocycles. The summed E-state index contributed by atoms with van der Waals surface area (Å²) in [7, 11) is 0. The third-order valence-corrected chi connectivity index (χ3v) is 4.80. The van der Waals surface area contributed by atoms with Crippen LogP contribution in [-0.2, 0) is 25.6 Å². The number of aromatic nitrogens is 2. The molecule has 0 aliphatic carbocycles. The predicted octanol–water partition coefficient (Wildman–Crippen LogP) is 4.56. The van der Waals surface area contributed by atoms with E-state index in [0.717, 1.165) is 12.1 Å². The van der Waals surface area contributed by atoms with Crippen LogP contribution in [0.1, 0.15) is 45.7 Å². The van der Waals surface area contributed by atoms with Crippen molar-refractivity contribution in [2.45, 2.75) is 52.8 Å². The van der Waals surface area contributed by atoms with Crippen molar-refractivity contribution in [2.24, 2.45) is 5.92 Å². The number of esters is 2. The van der Waals surface area contributed by atoms with E-state index in [2.05, 4.69) is 34.6 Å².